The van der Waals surface area contributed by atoms with Crippen molar-refractivity contribution in [3.63, 3.8) is 0 Å². The van der Waals surface area contributed by atoms with E-state index in [2.05, 4.69) is 67.0 Å². The van der Waals surface area contributed by atoms with Crippen LogP contribution in [0.2, 0.25) is 18.6 Å². The lowest BCUT2D eigenvalue weighted by Gasteiger charge is -2.36. The summed E-state index contributed by atoms with van der Waals surface area (Å²) in [5, 5.41) is 17.6. The van der Waals surface area contributed by atoms with Crippen LogP contribution in [0.4, 0.5) is 5.69 Å². The van der Waals surface area contributed by atoms with Crippen LogP contribution in [-0.4, -0.2) is 58.1 Å². The van der Waals surface area contributed by atoms with Crippen LogP contribution < -0.4 is 20.6 Å². The topological polar surface area (TPSA) is 79.8 Å². The van der Waals surface area contributed by atoms with Gasteiger partial charge in [-0.25, -0.2) is 0 Å². The molecule has 37 heavy (non-hydrogen) atoms. The second-order valence-corrected chi connectivity index (χ2v) is 16.0. The van der Waals surface area contributed by atoms with Gasteiger partial charge in [-0.3, -0.25) is 4.79 Å². The second kappa shape index (κ2) is 12.6. The van der Waals surface area contributed by atoms with Crippen LogP contribution in [0.25, 0.3) is 0 Å². The first kappa shape index (κ1) is 27.8. The van der Waals surface area contributed by atoms with E-state index in [9.17, 15) is 9.90 Å². The predicted octanol–water partition coefficient (Wildman–Crippen LogP) is 4.34. The van der Waals surface area contributed by atoms with E-state index in [0.717, 1.165) is 50.2 Å². The van der Waals surface area contributed by atoms with Crippen molar-refractivity contribution < 1.29 is 19.4 Å². The number of rotatable bonds is 10. The Labute approximate surface area is 223 Å². The highest BCUT2D eigenvalue weighted by molar-refractivity contribution is 6.91. The Kier molecular flexibility index (Phi) is 9.45. The fourth-order valence-electron chi connectivity index (χ4n) is 6.48. The summed E-state index contributed by atoms with van der Waals surface area (Å²) in [5.41, 5.74) is 2.51. The normalized spacial score (nSPS) is 26.1. The zero-order valence-corrected chi connectivity index (χ0v) is 23.8. The van der Waals surface area contributed by atoms with Crippen molar-refractivity contribution in [3.05, 3.63) is 54.1 Å². The lowest BCUT2D eigenvalue weighted by Crippen LogP contribution is -2.50. The summed E-state index contributed by atoms with van der Waals surface area (Å²) < 4.78 is 12.0. The molecule has 3 N–H and O–H groups in total. The summed E-state index contributed by atoms with van der Waals surface area (Å²) in [7, 11) is -0.185. The van der Waals surface area contributed by atoms with E-state index < -0.39 is 8.07 Å². The summed E-state index contributed by atoms with van der Waals surface area (Å²) >= 11 is 0. The highest BCUT2D eigenvalue weighted by Crippen LogP contribution is 2.46. The monoisotopic (exact) mass is 524 g/mol. The standard InChI is InChI=1S/C30H44N2O4Si/c1-21-27(15-10-22-7-5-9-24(19-22)32-30(34)23-8-6-17-31-20-23)36-28(16-18-33)29(21)37(3,4)26-13-11-25(35-2)12-14-26/h5,7,9,11-14,19,21,23,27-29,31,33H,6,8,10,15-18,20H2,1-4H3,(H,32,34)/t21-,23?,27+,28-,29+/m1/s1. The van der Waals surface area contributed by atoms with Crippen LogP contribution in [0.15, 0.2) is 48.5 Å². The number of hydrogen-bond donors (Lipinski definition) is 3. The van der Waals surface area contributed by atoms with Crippen molar-refractivity contribution in [2.24, 2.45) is 11.8 Å². The van der Waals surface area contributed by atoms with Crippen molar-refractivity contribution in [2.75, 3.05) is 32.1 Å². The van der Waals surface area contributed by atoms with Gasteiger partial charge in [0.15, 0.2) is 0 Å². The first-order valence-corrected chi connectivity index (χ1v) is 16.9. The van der Waals surface area contributed by atoms with E-state index in [1.54, 1.807) is 7.11 Å². The summed E-state index contributed by atoms with van der Waals surface area (Å²) in [6, 6.07) is 16.8. The van der Waals surface area contributed by atoms with Crippen LogP contribution in [0, 0.1) is 11.8 Å². The quantitative estimate of drug-likeness (QED) is 0.403. The zero-order chi connectivity index (χ0) is 26.4. The number of aryl methyl sites for hydroxylation is 1. The number of hydrogen-bond acceptors (Lipinski definition) is 5. The lowest BCUT2D eigenvalue weighted by molar-refractivity contribution is -0.120. The Bertz CT molecular complexity index is 1020. The molecule has 2 fully saturated rings. The molecule has 202 valence electrons. The molecular formula is C30H44N2O4Si. The van der Waals surface area contributed by atoms with E-state index in [-0.39, 0.29) is 30.6 Å². The number of carbonyl (C=O) groups excluding carboxylic acids is 1. The van der Waals surface area contributed by atoms with Crippen molar-refractivity contribution in [1.29, 1.82) is 0 Å². The van der Waals surface area contributed by atoms with Gasteiger partial charge in [0.25, 0.3) is 0 Å². The van der Waals surface area contributed by atoms with E-state index >= 15 is 0 Å². The van der Waals surface area contributed by atoms with Gasteiger partial charge in [-0.15, -0.1) is 0 Å². The number of amides is 1. The van der Waals surface area contributed by atoms with Crippen molar-refractivity contribution >= 4 is 24.9 Å². The molecule has 2 heterocycles. The van der Waals surface area contributed by atoms with Crippen LogP contribution in [-0.2, 0) is 16.0 Å². The maximum atomic E-state index is 12.7. The summed E-state index contributed by atoms with van der Waals surface area (Å²) in [4.78, 5) is 12.7. The van der Waals surface area contributed by atoms with Gasteiger partial charge < -0.3 is 25.2 Å². The van der Waals surface area contributed by atoms with Crippen LogP contribution in [0.1, 0.15) is 38.2 Å². The van der Waals surface area contributed by atoms with Gasteiger partial charge in [0, 0.05) is 18.8 Å². The fraction of sp³-hybridized carbons (Fsp3) is 0.567. The lowest BCUT2D eigenvalue weighted by atomic mass is 9.95. The average Bonchev–Trinajstić information content (AvgIpc) is 3.23. The van der Waals surface area contributed by atoms with Crippen molar-refractivity contribution in [2.45, 2.75) is 69.9 Å². The predicted molar refractivity (Wildman–Crippen MR) is 152 cm³/mol. The molecule has 1 amide bonds. The molecule has 1 unspecified atom stereocenters. The minimum absolute atomic E-state index is 0.0451. The number of benzene rings is 2. The Hall–Kier alpha value is -2.19. The molecule has 2 aromatic rings. The molecule has 0 saturated carbocycles. The third-order valence-electron chi connectivity index (χ3n) is 8.56. The number of methoxy groups -OCH3 is 1. The third kappa shape index (κ3) is 6.63. The van der Waals surface area contributed by atoms with Gasteiger partial charge >= 0.3 is 0 Å². The van der Waals surface area contributed by atoms with Crippen molar-refractivity contribution in [1.82, 2.24) is 5.32 Å². The average molecular weight is 525 g/mol. The Morgan fingerprint density at radius 2 is 1.95 bits per heavy atom. The molecule has 0 aliphatic carbocycles. The molecule has 0 radical (unpaired) electrons. The minimum Gasteiger partial charge on any atom is -0.497 e. The van der Waals surface area contributed by atoms with Crippen LogP contribution >= 0.6 is 0 Å². The molecule has 2 aromatic carbocycles. The third-order valence-corrected chi connectivity index (χ3v) is 12.9. The maximum Gasteiger partial charge on any atom is 0.228 e. The van der Waals surface area contributed by atoms with Crippen LogP contribution in [0.3, 0.4) is 0 Å². The van der Waals surface area contributed by atoms with Gasteiger partial charge in [-0.05, 0) is 79.9 Å². The molecule has 2 saturated heterocycles. The summed E-state index contributed by atoms with van der Waals surface area (Å²) in [6.07, 6.45) is 4.72. The molecule has 2 aliphatic heterocycles. The molecule has 2 aliphatic rings. The fourth-order valence-corrected chi connectivity index (χ4v) is 10.6. The molecular weight excluding hydrogens is 480 g/mol. The summed E-state index contributed by atoms with van der Waals surface area (Å²) in [5.74, 6) is 1.44. The number of piperidine rings is 1. The number of aliphatic hydroxyl groups is 1. The first-order valence-electron chi connectivity index (χ1n) is 13.8. The van der Waals surface area contributed by atoms with Crippen LogP contribution in [0.5, 0.6) is 5.75 Å². The number of aliphatic hydroxyl groups excluding tert-OH is 1. The SMILES string of the molecule is COc1ccc([Si](C)(C)[C@H]2[C@H](C)[C@H](CCc3cccc(NC(=O)C4CCCNC4)c3)O[C@@H]2CCO)cc1. The molecule has 4 rings (SSSR count). The number of nitrogens with one attached hydrogen (secondary N) is 2. The summed E-state index contributed by atoms with van der Waals surface area (Å²) in [6.45, 7) is 9.10. The molecule has 7 heteroatoms. The Morgan fingerprint density at radius 3 is 2.62 bits per heavy atom. The molecule has 0 spiro atoms. The van der Waals surface area contributed by atoms with E-state index in [4.69, 9.17) is 9.47 Å². The van der Waals surface area contributed by atoms with Gasteiger partial charge in [0.2, 0.25) is 5.91 Å². The Balaban J connectivity index is 1.41. The molecule has 0 aromatic heterocycles. The number of ether oxygens (including phenoxy) is 2. The largest absolute Gasteiger partial charge is 0.497 e. The highest BCUT2D eigenvalue weighted by Gasteiger charge is 2.50. The van der Waals surface area contributed by atoms with E-state index in [1.807, 2.05) is 12.1 Å². The zero-order valence-electron chi connectivity index (χ0n) is 22.8. The maximum absolute atomic E-state index is 12.7. The smallest absolute Gasteiger partial charge is 0.228 e. The van der Waals surface area contributed by atoms with Gasteiger partial charge in [-0.1, -0.05) is 49.5 Å². The number of anilines is 1. The number of carbonyl (C=O) groups is 1. The van der Waals surface area contributed by atoms with E-state index in [0.29, 0.717) is 17.9 Å². The first-order chi connectivity index (χ1) is 17.8. The molecule has 6 nitrogen and oxygen atoms in total. The Morgan fingerprint density at radius 1 is 1.16 bits per heavy atom. The molecule has 5 atom stereocenters. The van der Waals surface area contributed by atoms with Crippen molar-refractivity contribution in [3.8, 4) is 5.75 Å². The minimum atomic E-state index is -1.88. The van der Waals surface area contributed by atoms with Gasteiger partial charge in [0.1, 0.15) is 5.75 Å². The van der Waals surface area contributed by atoms with Gasteiger partial charge in [-0.2, -0.15) is 0 Å². The molecule has 0 bridgehead atoms. The van der Waals surface area contributed by atoms with E-state index in [1.165, 1.54) is 10.8 Å². The second-order valence-electron chi connectivity index (χ2n) is 11.3. The van der Waals surface area contributed by atoms with Gasteiger partial charge in [0.05, 0.1) is 33.3 Å². The highest BCUT2D eigenvalue weighted by atomic mass is 28.3.